The molecule has 0 spiro atoms. The van der Waals surface area contributed by atoms with Gasteiger partial charge in [-0.15, -0.1) is 0 Å². The van der Waals surface area contributed by atoms with Crippen LogP contribution in [0.5, 0.6) is 0 Å². The van der Waals surface area contributed by atoms with Gasteiger partial charge in [-0.2, -0.15) is 0 Å². The number of aryl methyl sites for hydroxylation is 1. The molecule has 0 fully saturated rings. The Morgan fingerprint density at radius 3 is 2.88 bits per heavy atom. The molecule has 0 aliphatic carbocycles. The maximum atomic E-state index is 11.4. The van der Waals surface area contributed by atoms with Crippen molar-refractivity contribution in [1.82, 2.24) is 9.55 Å². The molecule has 94 valence electrons. The zero-order chi connectivity index (χ0) is 12.8. The van der Waals surface area contributed by atoms with E-state index < -0.39 is 5.97 Å². The van der Waals surface area contributed by atoms with Gasteiger partial charge in [0.15, 0.2) is 5.16 Å². The molecular formula is C10H14N2O4S. The van der Waals surface area contributed by atoms with Crippen molar-refractivity contribution in [3.63, 3.8) is 0 Å². The maximum absolute atomic E-state index is 11.4. The predicted octanol–water partition coefficient (Wildman–Crippen LogP) is 0.931. The molecule has 0 radical (unpaired) electrons. The standard InChI is InChI=1S/C10H14N2O4S/c1-3-16-9(15)5-12-7(2)4-11-10(12)17-6-8(13)14/h4H,3,5-6H2,1-2H3,(H,13,14). The topological polar surface area (TPSA) is 81.4 Å². The third-order valence-electron chi connectivity index (χ3n) is 1.94. The van der Waals surface area contributed by atoms with Crippen LogP contribution in [0.1, 0.15) is 12.6 Å². The van der Waals surface area contributed by atoms with E-state index in [0.29, 0.717) is 11.8 Å². The average molecular weight is 258 g/mol. The number of nitrogens with zero attached hydrogens (tertiary/aromatic N) is 2. The summed E-state index contributed by atoms with van der Waals surface area (Å²) in [6, 6.07) is 0. The van der Waals surface area contributed by atoms with E-state index in [4.69, 9.17) is 9.84 Å². The smallest absolute Gasteiger partial charge is 0.326 e. The second kappa shape index (κ2) is 6.29. The van der Waals surface area contributed by atoms with E-state index in [1.807, 2.05) is 0 Å². The minimum Gasteiger partial charge on any atom is -0.481 e. The van der Waals surface area contributed by atoms with Crippen LogP contribution in [0.2, 0.25) is 0 Å². The summed E-state index contributed by atoms with van der Waals surface area (Å²) in [5.74, 6) is -1.36. The molecule has 1 aromatic rings. The lowest BCUT2D eigenvalue weighted by molar-refractivity contribution is -0.144. The Morgan fingerprint density at radius 1 is 1.59 bits per heavy atom. The van der Waals surface area contributed by atoms with Gasteiger partial charge in [-0.3, -0.25) is 9.59 Å². The highest BCUT2D eigenvalue weighted by atomic mass is 32.2. The number of hydrogen-bond acceptors (Lipinski definition) is 5. The second-order valence-electron chi connectivity index (χ2n) is 3.26. The van der Waals surface area contributed by atoms with Crippen molar-refractivity contribution < 1.29 is 19.4 Å². The molecule has 0 saturated carbocycles. The molecule has 7 heteroatoms. The normalized spacial score (nSPS) is 10.2. The number of thioether (sulfide) groups is 1. The van der Waals surface area contributed by atoms with E-state index >= 15 is 0 Å². The molecular weight excluding hydrogens is 244 g/mol. The van der Waals surface area contributed by atoms with Gasteiger partial charge in [-0.25, -0.2) is 4.98 Å². The van der Waals surface area contributed by atoms with Crippen molar-refractivity contribution >= 4 is 23.7 Å². The summed E-state index contributed by atoms with van der Waals surface area (Å²) in [5.41, 5.74) is 0.797. The van der Waals surface area contributed by atoms with Gasteiger partial charge in [0.1, 0.15) is 6.54 Å². The molecule has 6 nitrogen and oxygen atoms in total. The van der Waals surface area contributed by atoms with Crippen molar-refractivity contribution in [2.24, 2.45) is 0 Å². The van der Waals surface area contributed by atoms with Gasteiger partial charge in [0, 0.05) is 11.9 Å². The molecule has 1 N–H and O–H groups in total. The average Bonchev–Trinajstić information content (AvgIpc) is 2.58. The summed E-state index contributed by atoms with van der Waals surface area (Å²) < 4.78 is 6.48. The summed E-state index contributed by atoms with van der Waals surface area (Å²) in [5, 5.41) is 9.10. The molecule has 17 heavy (non-hydrogen) atoms. The first-order valence-corrected chi connectivity index (χ1v) is 6.05. The SMILES string of the molecule is CCOC(=O)Cn1c(C)cnc1SCC(=O)O. The number of aliphatic carboxylic acids is 1. The first-order valence-electron chi connectivity index (χ1n) is 5.07. The monoisotopic (exact) mass is 258 g/mol. The lowest BCUT2D eigenvalue weighted by Gasteiger charge is -2.08. The summed E-state index contributed by atoms with van der Waals surface area (Å²) in [7, 11) is 0. The lowest BCUT2D eigenvalue weighted by atomic mass is 10.5. The van der Waals surface area contributed by atoms with Crippen LogP contribution in [0.25, 0.3) is 0 Å². The fourth-order valence-electron chi connectivity index (χ4n) is 1.21. The highest BCUT2D eigenvalue weighted by Gasteiger charge is 2.13. The van der Waals surface area contributed by atoms with Gasteiger partial charge in [0.25, 0.3) is 0 Å². The van der Waals surface area contributed by atoms with E-state index in [1.165, 1.54) is 0 Å². The quantitative estimate of drug-likeness (QED) is 0.604. The molecule has 0 amide bonds. The van der Waals surface area contributed by atoms with Gasteiger partial charge in [-0.05, 0) is 13.8 Å². The fraction of sp³-hybridized carbons (Fsp3) is 0.500. The highest BCUT2D eigenvalue weighted by Crippen LogP contribution is 2.18. The van der Waals surface area contributed by atoms with Gasteiger partial charge >= 0.3 is 11.9 Å². The third kappa shape index (κ3) is 4.10. The second-order valence-corrected chi connectivity index (χ2v) is 4.20. The molecule has 0 saturated heterocycles. The number of carbonyl (C=O) groups excluding carboxylic acids is 1. The first-order chi connectivity index (χ1) is 8.04. The largest absolute Gasteiger partial charge is 0.481 e. The number of esters is 1. The summed E-state index contributed by atoms with van der Waals surface area (Å²) in [6.07, 6.45) is 1.60. The van der Waals surface area contributed by atoms with Gasteiger partial charge in [-0.1, -0.05) is 11.8 Å². The van der Waals surface area contributed by atoms with Crippen molar-refractivity contribution in [3.05, 3.63) is 11.9 Å². The van der Waals surface area contributed by atoms with E-state index in [-0.39, 0.29) is 18.3 Å². The molecule has 0 bridgehead atoms. The lowest BCUT2D eigenvalue weighted by Crippen LogP contribution is -2.15. The van der Waals surface area contributed by atoms with E-state index in [1.54, 1.807) is 24.6 Å². The number of ether oxygens (including phenoxy) is 1. The molecule has 1 aromatic heterocycles. The van der Waals surface area contributed by atoms with Gasteiger partial charge < -0.3 is 14.4 Å². The first kappa shape index (κ1) is 13.6. The third-order valence-corrected chi connectivity index (χ3v) is 2.91. The van der Waals surface area contributed by atoms with Crippen LogP contribution in [0, 0.1) is 6.92 Å². The molecule has 0 aromatic carbocycles. The Hall–Kier alpha value is -1.50. The van der Waals surface area contributed by atoms with Crippen LogP contribution in [0.15, 0.2) is 11.4 Å². The molecule has 0 aliphatic rings. The summed E-state index contributed by atoms with van der Waals surface area (Å²) in [4.78, 5) is 25.9. The maximum Gasteiger partial charge on any atom is 0.326 e. The zero-order valence-electron chi connectivity index (χ0n) is 9.67. The van der Waals surface area contributed by atoms with Crippen LogP contribution < -0.4 is 0 Å². The van der Waals surface area contributed by atoms with Crippen molar-refractivity contribution in [2.75, 3.05) is 12.4 Å². The number of carboxylic acid groups (broad SMARTS) is 1. The van der Waals surface area contributed by atoms with Gasteiger partial charge in [0.05, 0.1) is 12.4 Å². The molecule has 0 unspecified atom stereocenters. The summed E-state index contributed by atoms with van der Waals surface area (Å²) >= 11 is 1.08. The molecule has 1 heterocycles. The Balaban J connectivity index is 2.72. The number of rotatable bonds is 6. The minimum absolute atomic E-state index is 0.0572. The number of carboxylic acids is 1. The van der Waals surface area contributed by atoms with Crippen molar-refractivity contribution in [2.45, 2.75) is 25.5 Å². The number of imidazole rings is 1. The number of aromatic nitrogens is 2. The Bertz CT molecular complexity index is 416. The zero-order valence-corrected chi connectivity index (χ0v) is 10.5. The summed E-state index contributed by atoms with van der Waals surface area (Å²) in [6.45, 7) is 3.92. The fourth-order valence-corrected chi connectivity index (χ4v) is 1.95. The van der Waals surface area contributed by atoms with E-state index in [2.05, 4.69) is 4.98 Å². The Labute approximate surface area is 103 Å². The predicted molar refractivity (Wildman–Crippen MR) is 62.0 cm³/mol. The Kier molecular flexibility index (Phi) is 5.02. The van der Waals surface area contributed by atoms with Crippen LogP contribution in [-0.4, -0.2) is 39.0 Å². The molecule has 0 atom stereocenters. The van der Waals surface area contributed by atoms with E-state index in [0.717, 1.165) is 17.5 Å². The molecule has 1 rings (SSSR count). The molecule has 0 aliphatic heterocycles. The minimum atomic E-state index is -0.918. The van der Waals surface area contributed by atoms with Crippen LogP contribution in [0.3, 0.4) is 0 Å². The number of hydrogen-bond donors (Lipinski definition) is 1. The van der Waals surface area contributed by atoms with Crippen LogP contribution >= 0.6 is 11.8 Å². The highest BCUT2D eigenvalue weighted by molar-refractivity contribution is 7.99. The van der Waals surface area contributed by atoms with Crippen molar-refractivity contribution in [3.8, 4) is 0 Å². The number of carbonyl (C=O) groups is 2. The van der Waals surface area contributed by atoms with Crippen LogP contribution in [-0.2, 0) is 20.9 Å². The van der Waals surface area contributed by atoms with Gasteiger partial charge in [0.2, 0.25) is 0 Å². The van der Waals surface area contributed by atoms with E-state index in [9.17, 15) is 9.59 Å². The van der Waals surface area contributed by atoms with Crippen LogP contribution in [0.4, 0.5) is 0 Å². The van der Waals surface area contributed by atoms with Crippen molar-refractivity contribution in [1.29, 1.82) is 0 Å². The Morgan fingerprint density at radius 2 is 2.29 bits per heavy atom.